The molecule has 0 bridgehead atoms. The van der Waals surface area contributed by atoms with Crippen LogP contribution in [0.2, 0.25) is 0 Å². The molecule has 2 aliphatic rings. The van der Waals surface area contributed by atoms with Crippen LogP contribution < -0.4 is 9.80 Å². The number of carbonyl (C=O) groups is 1. The molecule has 1 atom stereocenters. The summed E-state index contributed by atoms with van der Waals surface area (Å²) in [5.74, 6) is 0.118. The van der Waals surface area contributed by atoms with Crippen LogP contribution in [0.1, 0.15) is 27.9 Å². The average Bonchev–Trinajstić information content (AvgIpc) is 3.13. The van der Waals surface area contributed by atoms with Gasteiger partial charge < -0.3 is 14.7 Å². The van der Waals surface area contributed by atoms with Crippen molar-refractivity contribution in [1.29, 1.82) is 0 Å². The fourth-order valence-electron chi connectivity index (χ4n) is 4.10. The van der Waals surface area contributed by atoms with Gasteiger partial charge in [0, 0.05) is 42.6 Å². The number of carbonyl (C=O) groups excluding carboxylic acids is 1. The summed E-state index contributed by atoms with van der Waals surface area (Å²) in [5.41, 5.74) is 5.48. The van der Waals surface area contributed by atoms with Crippen LogP contribution in [-0.4, -0.2) is 50.6 Å². The van der Waals surface area contributed by atoms with E-state index < -0.39 is 0 Å². The monoisotopic (exact) mass is 349 g/mol. The highest BCUT2D eigenvalue weighted by Crippen LogP contribution is 2.28. The van der Waals surface area contributed by atoms with E-state index in [4.69, 9.17) is 0 Å². The first kappa shape index (κ1) is 17.1. The maximum Gasteiger partial charge on any atom is 0.258 e. The first-order chi connectivity index (χ1) is 12.5. The number of likely N-dealkylation sites (N-methyl/N-ethyl adjacent to an activating group) is 1. The van der Waals surface area contributed by atoms with Crippen LogP contribution in [0.15, 0.2) is 42.5 Å². The quantitative estimate of drug-likeness (QED) is 0.850. The molecule has 1 amide bonds. The van der Waals surface area contributed by atoms with E-state index in [1.807, 2.05) is 17.0 Å². The Labute approximate surface area is 156 Å². The zero-order chi connectivity index (χ0) is 18.3. The second-order valence-corrected chi connectivity index (χ2v) is 7.74. The van der Waals surface area contributed by atoms with Gasteiger partial charge in [0.2, 0.25) is 0 Å². The van der Waals surface area contributed by atoms with Crippen molar-refractivity contribution in [2.75, 3.05) is 43.5 Å². The number of anilines is 2. The summed E-state index contributed by atoms with van der Waals surface area (Å²) in [4.78, 5) is 19.5. The molecule has 2 aliphatic heterocycles. The summed E-state index contributed by atoms with van der Waals surface area (Å²) in [6.07, 6.45) is 2.12. The number of aryl methyl sites for hydroxylation is 1. The Kier molecular flexibility index (Phi) is 4.45. The molecule has 4 rings (SSSR count). The predicted molar refractivity (Wildman–Crippen MR) is 107 cm³/mol. The first-order valence-electron chi connectivity index (χ1n) is 9.46. The Hall–Kier alpha value is -2.33. The summed E-state index contributed by atoms with van der Waals surface area (Å²) in [6, 6.07) is 15.3. The highest BCUT2D eigenvalue weighted by atomic mass is 16.2. The molecule has 1 saturated heterocycles. The van der Waals surface area contributed by atoms with Crippen molar-refractivity contribution < 1.29 is 4.79 Å². The van der Waals surface area contributed by atoms with Crippen LogP contribution >= 0.6 is 0 Å². The Bertz CT molecular complexity index is 813. The lowest BCUT2D eigenvalue weighted by Gasteiger charge is -2.29. The molecule has 0 saturated carbocycles. The molecule has 136 valence electrons. The van der Waals surface area contributed by atoms with Crippen LogP contribution in [0.3, 0.4) is 0 Å². The van der Waals surface area contributed by atoms with Crippen molar-refractivity contribution in [3.63, 3.8) is 0 Å². The lowest BCUT2D eigenvalue weighted by Crippen LogP contribution is -2.37. The molecular weight excluding hydrogens is 322 g/mol. The summed E-state index contributed by atoms with van der Waals surface area (Å²) in [5, 5.41) is 0. The van der Waals surface area contributed by atoms with Gasteiger partial charge in [0.05, 0.1) is 0 Å². The molecule has 2 heterocycles. The summed E-state index contributed by atoms with van der Waals surface area (Å²) in [7, 11) is 4.30. The van der Waals surface area contributed by atoms with Gasteiger partial charge in [-0.15, -0.1) is 0 Å². The number of nitrogens with zero attached hydrogens (tertiary/aromatic N) is 3. The SMILES string of the molecule is Cc1ccc2c(c1)CCN(c1ccc(N3CCC(N(C)C)C3)cc1)C2=O. The highest BCUT2D eigenvalue weighted by molar-refractivity contribution is 6.08. The topological polar surface area (TPSA) is 26.8 Å². The van der Waals surface area contributed by atoms with Gasteiger partial charge in [0.15, 0.2) is 0 Å². The number of hydrogen-bond acceptors (Lipinski definition) is 3. The van der Waals surface area contributed by atoms with E-state index in [0.29, 0.717) is 6.04 Å². The van der Waals surface area contributed by atoms with Crippen LogP contribution in [0.25, 0.3) is 0 Å². The van der Waals surface area contributed by atoms with E-state index in [0.717, 1.165) is 37.3 Å². The van der Waals surface area contributed by atoms with Gasteiger partial charge in [-0.25, -0.2) is 0 Å². The largest absolute Gasteiger partial charge is 0.370 e. The van der Waals surface area contributed by atoms with E-state index in [9.17, 15) is 4.79 Å². The maximum absolute atomic E-state index is 12.9. The number of rotatable bonds is 3. The third-order valence-corrected chi connectivity index (χ3v) is 5.76. The zero-order valence-corrected chi connectivity index (χ0v) is 15.9. The number of amides is 1. The maximum atomic E-state index is 12.9. The molecule has 0 spiro atoms. The van der Waals surface area contributed by atoms with Crippen molar-refractivity contribution in [1.82, 2.24) is 4.90 Å². The van der Waals surface area contributed by atoms with Crippen LogP contribution in [0.4, 0.5) is 11.4 Å². The minimum absolute atomic E-state index is 0.118. The average molecular weight is 349 g/mol. The van der Waals surface area contributed by atoms with Gasteiger partial charge in [0.25, 0.3) is 5.91 Å². The van der Waals surface area contributed by atoms with E-state index in [-0.39, 0.29) is 5.91 Å². The van der Waals surface area contributed by atoms with E-state index in [1.54, 1.807) is 0 Å². The second-order valence-electron chi connectivity index (χ2n) is 7.74. The molecule has 2 aromatic carbocycles. The number of benzene rings is 2. The van der Waals surface area contributed by atoms with Crippen molar-refractivity contribution in [2.24, 2.45) is 0 Å². The molecule has 4 nitrogen and oxygen atoms in total. The molecule has 26 heavy (non-hydrogen) atoms. The minimum Gasteiger partial charge on any atom is -0.370 e. The van der Waals surface area contributed by atoms with Crippen LogP contribution in [-0.2, 0) is 6.42 Å². The zero-order valence-electron chi connectivity index (χ0n) is 15.9. The van der Waals surface area contributed by atoms with Gasteiger partial charge in [-0.3, -0.25) is 4.79 Å². The molecule has 0 aliphatic carbocycles. The normalized spacial score (nSPS) is 20.0. The Balaban J connectivity index is 1.51. The van der Waals surface area contributed by atoms with Crippen molar-refractivity contribution in [3.8, 4) is 0 Å². The lowest BCUT2D eigenvalue weighted by atomic mass is 9.96. The molecule has 1 fully saturated rings. The van der Waals surface area contributed by atoms with Gasteiger partial charge in [-0.2, -0.15) is 0 Å². The number of hydrogen-bond donors (Lipinski definition) is 0. The van der Waals surface area contributed by atoms with E-state index >= 15 is 0 Å². The van der Waals surface area contributed by atoms with Gasteiger partial charge in [-0.05, 0) is 69.8 Å². The standard InChI is InChI=1S/C22H27N3O/c1-16-4-9-21-17(14-16)10-13-25(22(21)26)19-7-5-18(6-8-19)24-12-11-20(15-24)23(2)3/h4-9,14,20H,10-13,15H2,1-3H3. The van der Waals surface area contributed by atoms with Gasteiger partial charge in [-0.1, -0.05) is 17.7 Å². The molecule has 0 radical (unpaired) electrons. The first-order valence-corrected chi connectivity index (χ1v) is 9.46. The predicted octanol–water partition coefficient (Wildman–Crippen LogP) is 3.34. The molecule has 1 unspecified atom stereocenters. The van der Waals surface area contributed by atoms with Crippen molar-refractivity contribution >= 4 is 17.3 Å². The third kappa shape index (κ3) is 3.10. The highest BCUT2D eigenvalue weighted by Gasteiger charge is 2.27. The summed E-state index contributed by atoms with van der Waals surface area (Å²) >= 11 is 0. The van der Waals surface area contributed by atoms with Crippen LogP contribution in [0, 0.1) is 6.92 Å². The van der Waals surface area contributed by atoms with Crippen LogP contribution in [0.5, 0.6) is 0 Å². The molecule has 4 heteroatoms. The van der Waals surface area contributed by atoms with E-state index in [2.05, 4.69) is 61.2 Å². The van der Waals surface area contributed by atoms with Gasteiger partial charge in [0.1, 0.15) is 0 Å². The smallest absolute Gasteiger partial charge is 0.258 e. The fraction of sp³-hybridized carbons (Fsp3) is 0.409. The summed E-state index contributed by atoms with van der Waals surface area (Å²) in [6.45, 7) is 5.00. The molecule has 2 aromatic rings. The number of fused-ring (bicyclic) bond motifs is 1. The molecule has 0 aromatic heterocycles. The lowest BCUT2D eigenvalue weighted by molar-refractivity contribution is 0.0980. The Morgan fingerprint density at radius 3 is 2.42 bits per heavy atom. The van der Waals surface area contributed by atoms with Gasteiger partial charge >= 0.3 is 0 Å². The third-order valence-electron chi connectivity index (χ3n) is 5.76. The minimum atomic E-state index is 0.118. The Morgan fingerprint density at radius 2 is 1.73 bits per heavy atom. The molecular formula is C22H27N3O. The Morgan fingerprint density at radius 1 is 1.00 bits per heavy atom. The fourth-order valence-corrected chi connectivity index (χ4v) is 4.10. The van der Waals surface area contributed by atoms with Crippen molar-refractivity contribution in [2.45, 2.75) is 25.8 Å². The van der Waals surface area contributed by atoms with E-state index in [1.165, 1.54) is 23.2 Å². The summed E-state index contributed by atoms with van der Waals surface area (Å²) < 4.78 is 0. The second kappa shape index (κ2) is 6.76. The molecule has 0 N–H and O–H groups in total. The van der Waals surface area contributed by atoms with Crippen molar-refractivity contribution in [3.05, 3.63) is 59.2 Å².